The fourth-order valence-corrected chi connectivity index (χ4v) is 5.38. The van der Waals surface area contributed by atoms with Gasteiger partial charge in [-0.15, -0.1) is 11.3 Å². The molecular formula is C23H22BrN3S. The van der Waals surface area contributed by atoms with Crippen molar-refractivity contribution in [3.63, 3.8) is 0 Å². The van der Waals surface area contributed by atoms with Crippen LogP contribution in [0.4, 0.5) is 0 Å². The van der Waals surface area contributed by atoms with Gasteiger partial charge in [-0.1, -0.05) is 22.9 Å². The molecule has 4 rings (SSSR count). The molecule has 3 nitrogen and oxygen atoms in total. The average molecular weight is 452 g/mol. The summed E-state index contributed by atoms with van der Waals surface area (Å²) in [5.41, 5.74) is 6.31. The number of rotatable bonds is 3. The Labute approximate surface area is 178 Å². The smallest absolute Gasteiger partial charge is 0.134 e. The topological polar surface area (TPSA) is 41.6 Å². The quantitative estimate of drug-likeness (QED) is 0.426. The second kappa shape index (κ2) is 7.69. The number of thiazole rings is 1. The first-order valence-electron chi connectivity index (χ1n) is 9.52. The molecule has 1 unspecified atom stereocenters. The summed E-state index contributed by atoms with van der Waals surface area (Å²) < 4.78 is 3.29. The minimum atomic E-state index is 0.656. The van der Waals surface area contributed by atoms with E-state index < -0.39 is 0 Å². The Morgan fingerprint density at radius 1 is 1.32 bits per heavy atom. The number of halogens is 1. The van der Waals surface area contributed by atoms with E-state index in [0.29, 0.717) is 11.5 Å². The normalized spacial score (nSPS) is 16.7. The van der Waals surface area contributed by atoms with Crippen molar-refractivity contribution in [3.8, 4) is 11.8 Å². The zero-order chi connectivity index (χ0) is 19.8. The maximum absolute atomic E-state index is 9.80. The van der Waals surface area contributed by atoms with Crippen LogP contribution >= 0.6 is 27.3 Å². The number of hydrogen-bond acceptors (Lipinski definition) is 3. The van der Waals surface area contributed by atoms with Crippen molar-refractivity contribution in [1.29, 1.82) is 5.26 Å². The SMILES string of the molecule is Cc1cc(C=C(C#N)c2nc3c(s2)CC(C)CC3)c(C)n1-c1ccc(Br)cc1. The predicted octanol–water partition coefficient (Wildman–Crippen LogP) is 6.50. The van der Waals surface area contributed by atoms with Crippen LogP contribution in [0.25, 0.3) is 17.3 Å². The van der Waals surface area contributed by atoms with E-state index in [9.17, 15) is 5.26 Å². The summed E-state index contributed by atoms with van der Waals surface area (Å²) in [5, 5.41) is 10.7. The van der Waals surface area contributed by atoms with E-state index in [1.807, 2.05) is 18.2 Å². The molecule has 0 aliphatic heterocycles. The van der Waals surface area contributed by atoms with Crippen LogP contribution in [0, 0.1) is 31.1 Å². The van der Waals surface area contributed by atoms with Gasteiger partial charge in [0.15, 0.2) is 0 Å². The summed E-state index contributed by atoms with van der Waals surface area (Å²) in [6.07, 6.45) is 5.30. The molecular weight excluding hydrogens is 430 g/mol. The highest BCUT2D eigenvalue weighted by Gasteiger charge is 2.21. The van der Waals surface area contributed by atoms with Gasteiger partial charge in [-0.25, -0.2) is 4.98 Å². The summed E-state index contributed by atoms with van der Waals surface area (Å²) in [6, 6.07) is 12.8. The summed E-state index contributed by atoms with van der Waals surface area (Å²) in [6.45, 7) is 6.49. The van der Waals surface area contributed by atoms with Crippen molar-refractivity contribution in [1.82, 2.24) is 9.55 Å². The largest absolute Gasteiger partial charge is 0.318 e. The molecule has 0 spiro atoms. The lowest BCUT2D eigenvalue weighted by Crippen LogP contribution is -2.09. The van der Waals surface area contributed by atoms with Crippen LogP contribution in [0.2, 0.25) is 0 Å². The number of aryl methyl sites for hydroxylation is 2. The van der Waals surface area contributed by atoms with Crippen LogP contribution in [0.5, 0.6) is 0 Å². The Morgan fingerprint density at radius 2 is 2.07 bits per heavy atom. The minimum absolute atomic E-state index is 0.656. The summed E-state index contributed by atoms with van der Waals surface area (Å²) in [5.74, 6) is 0.708. The fourth-order valence-electron chi connectivity index (χ4n) is 3.87. The van der Waals surface area contributed by atoms with Gasteiger partial charge < -0.3 is 4.57 Å². The van der Waals surface area contributed by atoms with Crippen molar-refractivity contribution in [2.75, 3.05) is 0 Å². The van der Waals surface area contributed by atoms with Crippen LogP contribution in [-0.4, -0.2) is 9.55 Å². The van der Waals surface area contributed by atoms with Crippen molar-refractivity contribution >= 4 is 38.9 Å². The third-order valence-electron chi connectivity index (χ3n) is 5.39. The van der Waals surface area contributed by atoms with Gasteiger partial charge in [-0.2, -0.15) is 5.26 Å². The number of benzene rings is 1. The molecule has 0 bridgehead atoms. The third-order valence-corrected chi connectivity index (χ3v) is 7.07. The average Bonchev–Trinajstić information content (AvgIpc) is 3.20. The van der Waals surface area contributed by atoms with Gasteiger partial charge in [0.25, 0.3) is 0 Å². The van der Waals surface area contributed by atoms with E-state index in [1.54, 1.807) is 11.3 Å². The molecule has 2 aromatic heterocycles. The summed E-state index contributed by atoms with van der Waals surface area (Å²) >= 11 is 5.19. The molecule has 1 aromatic carbocycles. The fraction of sp³-hybridized carbons (Fsp3) is 0.304. The van der Waals surface area contributed by atoms with Crippen LogP contribution in [0.1, 0.15) is 45.9 Å². The predicted molar refractivity (Wildman–Crippen MR) is 120 cm³/mol. The molecule has 1 aliphatic carbocycles. The van der Waals surface area contributed by atoms with Crippen LogP contribution in [0.3, 0.4) is 0 Å². The number of nitriles is 1. The van der Waals surface area contributed by atoms with E-state index in [1.165, 1.54) is 17.0 Å². The van der Waals surface area contributed by atoms with Crippen molar-refractivity contribution in [3.05, 3.63) is 67.3 Å². The number of allylic oxidation sites excluding steroid dienone is 1. The Hall–Kier alpha value is -2.16. The Balaban J connectivity index is 1.73. The van der Waals surface area contributed by atoms with Gasteiger partial charge in [0.05, 0.1) is 11.3 Å². The molecule has 142 valence electrons. The molecule has 0 N–H and O–H groups in total. The van der Waals surface area contributed by atoms with E-state index >= 15 is 0 Å². The van der Waals surface area contributed by atoms with Crippen molar-refractivity contribution < 1.29 is 0 Å². The van der Waals surface area contributed by atoms with Crippen molar-refractivity contribution in [2.24, 2.45) is 5.92 Å². The third kappa shape index (κ3) is 3.59. The van der Waals surface area contributed by atoms with Gasteiger partial charge in [0.1, 0.15) is 11.1 Å². The standard InChI is InChI=1S/C23H22BrN3S/c1-14-4-9-21-22(10-14)28-23(26-21)18(13-25)12-17-11-15(2)27(16(17)3)20-7-5-19(24)6-8-20/h5-8,11-12,14H,4,9-10H2,1-3H3. The molecule has 0 fully saturated rings. The second-order valence-corrected chi connectivity index (χ2v) is 9.54. The lowest BCUT2D eigenvalue weighted by molar-refractivity contribution is 0.502. The first-order valence-corrected chi connectivity index (χ1v) is 11.1. The van der Waals surface area contributed by atoms with Gasteiger partial charge in [-0.05, 0) is 81.0 Å². The first kappa shape index (κ1) is 19.2. The highest BCUT2D eigenvalue weighted by Crippen LogP contribution is 2.34. The second-order valence-electron chi connectivity index (χ2n) is 7.54. The lowest BCUT2D eigenvalue weighted by atomic mass is 9.93. The molecule has 5 heteroatoms. The zero-order valence-corrected chi connectivity index (χ0v) is 18.7. The van der Waals surface area contributed by atoms with E-state index in [-0.39, 0.29) is 0 Å². The van der Waals surface area contributed by atoms with Crippen LogP contribution in [-0.2, 0) is 12.8 Å². The van der Waals surface area contributed by atoms with Gasteiger partial charge in [-0.3, -0.25) is 0 Å². The molecule has 1 atom stereocenters. The van der Waals surface area contributed by atoms with E-state index in [2.05, 4.69) is 65.5 Å². The lowest BCUT2D eigenvalue weighted by Gasteiger charge is -2.15. The first-order chi connectivity index (χ1) is 13.5. The van der Waals surface area contributed by atoms with Gasteiger partial charge in [0.2, 0.25) is 0 Å². The van der Waals surface area contributed by atoms with Crippen molar-refractivity contribution in [2.45, 2.75) is 40.0 Å². The number of hydrogen-bond donors (Lipinski definition) is 0. The summed E-state index contributed by atoms with van der Waals surface area (Å²) in [4.78, 5) is 6.15. The molecule has 0 amide bonds. The molecule has 0 saturated carbocycles. The van der Waals surface area contributed by atoms with Crippen LogP contribution in [0.15, 0.2) is 34.8 Å². The highest BCUT2D eigenvalue weighted by molar-refractivity contribution is 9.10. The maximum atomic E-state index is 9.80. The molecule has 1 aliphatic rings. The monoisotopic (exact) mass is 451 g/mol. The Kier molecular flexibility index (Phi) is 5.27. The maximum Gasteiger partial charge on any atom is 0.134 e. The molecule has 0 radical (unpaired) electrons. The number of aromatic nitrogens is 2. The molecule has 3 aromatic rings. The zero-order valence-electron chi connectivity index (χ0n) is 16.3. The van der Waals surface area contributed by atoms with E-state index in [4.69, 9.17) is 4.98 Å². The number of fused-ring (bicyclic) bond motifs is 1. The molecule has 28 heavy (non-hydrogen) atoms. The Bertz CT molecular complexity index is 1100. The molecule has 0 saturated heterocycles. The molecule has 2 heterocycles. The van der Waals surface area contributed by atoms with Crippen LogP contribution < -0.4 is 0 Å². The summed E-state index contributed by atoms with van der Waals surface area (Å²) in [7, 11) is 0. The van der Waals surface area contributed by atoms with E-state index in [0.717, 1.165) is 45.0 Å². The highest BCUT2D eigenvalue weighted by atomic mass is 79.9. The number of nitrogens with zero attached hydrogens (tertiary/aromatic N) is 3. The Morgan fingerprint density at radius 3 is 2.79 bits per heavy atom. The van der Waals surface area contributed by atoms with Gasteiger partial charge >= 0.3 is 0 Å². The minimum Gasteiger partial charge on any atom is -0.318 e. The van der Waals surface area contributed by atoms with Gasteiger partial charge in [0, 0.05) is 26.4 Å².